The van der Waals surface area contributed by atoms with Gasteiger partial charge in [0.1, 0.15) is 6.04 Å². The number of hydrogen-bond donors (Lipinski definition) is 1. The summed E-state index contributed by atoms with van der Waals surface area (Å²) < 4.78 is 10.4. The Balaban J connectivity index is 2.56. The van der Waals surface area contributed by atoms with E-state index in [1.165, 1.54) is 0 Å². The Morgan fingerprint density at radius 1 is 1.38 bits per heavy atom. The Morgan fingerprint density at radius 2 is 2.10 bits per heavy atom. The van der Waals surface area contributed by atoms with Crippen LogP contribution >= 0.6 is 0 Å². The molecular formula is C14H20N4O3. The molecule has 1 unspecified atom stereocenters. The van der Waals surface area contributed by atoms with Crippen molar-refractivity contribution in [3.05, 3.63) is 34.2 Å². The van der Waals surface area contributed by atoms with Gasteiger partial charge in [0, 0.05) is 11.5 Å². The number of carbonyl (C=O) groups excluding carboxylic acids is 1. The van der Waals surface area contributed by atoms with Gasteiger partial charge >= 0.3 is 0 Å². The number of nitrogens with zero attached hydrogens (tertiary/aromatic N) is 3. The highest BCUT2D eigenvalue weighted by molar-refractivity contribution is 5.81. The van der Waals surface area contributed by atoms with Crippen LogP contribution in [0.2, 0.25) is 0 Å². The highest BCUT2D eigenvalue weighted by Gasteiger charge is 2.13. The lowest BCUT2D eigenvalue weighted by Gasteiger charge is -2.11. The van der Waals surface area contributed by atoms with E-state index in [2.05, 4.69) is 15.3 Å². The van der Waals surface area contributed by atoms with Crippen LogP contribution in [0.15, 0.2) is 23.3 Å². The number of amides is 1. The van der Waals surface area contributed by atoms with Gasteiger partial charge in [0.15, 0.2) is 11.5 Å². The van der Waals surface area contributed by atoms with Gasteiger partial charge in [0.05, 0.1) is 14.2 Å². The van der Waals surface area contributed by atoms with Gasteiger partial charge in [-0.15, -0.1) is 0 Å². The summed E-state index contributed by atoms with van der Waals surface area (Å²) in [7, 11) is 3.16. The molecule has 0 aromatic heterocycles. The third-order valence-corrected chi connectivity index (χ3v) is 3.04. The second-order valence-electron chi connectivity index (χ2n) is 4.36. The van der Waals surface area contributed by atoms with E-state index in [-0.39, 0.29) is 5.91 Å². The Kier molecular flexibility index (Phi) is 6.91. The second kappa shape index (κ2) is 8.71. The zero-order chi connectivity index (χ0) is 15.7. The van der Waals surface area contributed by atoms with Crippen LogP contribution in [-0.2, 0) is 11.2 Å². The molecule has 1 atom stereocenters. The van der Waals surface area contributed by atoms with Crippen LogP contribution in [0.1, 0.15) is 18.9 Å². The van der Waals surface area contributed by atoms with Gasteiger partial charge in [0.25, 0.3) is 0 Å². The Labute approximate surface area is 123 Å². The first kappa shape index (κ1) is 16.7. The molecule has 0 aliphatic heterocycles. The zero-order valence-corrected chi connectivity index (χ0v) is 12.5. The lowest BCUT2D eigenvalue weighted by molar-refractivity contribution is -0.122. The van der Waals surface area contributed by atoms with Crippen molar-refractivity contribution >= 4 is 5.91 Å². The lowest BCUT2D eigenvalue weighted by Crippen LogP contribution is -2.34. The average molecular weight is 292 g/mol. The predicted octanol–water partition coefficient (Wildman–Crippen LogP) is 2.45. The van der Waals surface area contributed by atoms with E-state index < -0.39 is 6.04 Å². The molecule has 0 fully saturated rings. The van der Waals surface area contributed by atoms with E-state index >= 15 is 0 Å². The molecule has 0 saturated heterocycles. The molecule has 21 heavy (non-hydrogen) atoms. The monoisotopic (exact) mass is 292 g/mol. The first-order valence-electron chi connectivity index (χ1n) is 6.69. The van der Waals surface area contributed by atoms with E-state index in [0.717, 1.165) is 5.56 Å². The van der Waals surface area contributed by atoms with Crippen molar-refractivity contribution in [1.82, 2.24) is 5.32 Å². The fourth-order valence-electron chi connectivity index (χ4n) is 1.87. The highest BCUT2D eigenvalue weighted by Crippen LogP contribution is 2.27. The summed E-state index contributed by atoms with van der Waals surface area (Å²) >= 11 is 0. The molecule has 1 rings (SSSR count). The number of hydrogen-bond acceptors (Lipinski definition) is 4. The molecule has 1 amide bonds. The number of azide groups is 1. The maximum atomic E-state index is 11.8. The molecule has 1 aromatic rings. The first-order chi connectivity index (χ1) is 10.2. The van der Waals surface area contributed by atoms with Crippen LogP contribution in [-0.4, -0.2) is 32.7 Å². The SMILES string of the molecule is CCC(N=[N+]=[N-])C(=O)NCCc1ccc(OC)c(OC)c1. The van der Waals surface area contributed by atoms with Crippen LogP contribution in [0.25, 0.3) is 10.4 Å². The normalized spacial score (nSPS) is 11.2. The molecule has 7 heteroatoms. The molecule has 0 aliphatic carbocycles. The van der Waals surface area contributed by atoms with E-state index in [9.17, 15) is 4.79 Å². The van der Waals surface area contributed by atoms with E-state index in [1.54, 1.807) is 21.1 Å². The van der Waals surface area contributed by atoms with E-state index in [4.69, 9.17) is 15.0 Å². The number of benzene rings is 1. The molecule has 0 heterocycles. The van der Waals surface area contributed by atoms with Crippen LogP contribution in [0.5, 0.6) is 11.5 Å². The van der Waals surface area contributed by atoms with Crippen molar-refractivity contribution < 1.29 is 14.3 Å². The van der Waals surface area contributed by atoms with Crippen molar-refractivity contribution in [3.63, 3.8) is 0 Å². The fourth-order valence-corrected chi connectivity index (χ4v) is 1.87. The van der Waals surface area contributed by atoms with Gasteiger partial charge in [-0.25, -0.2) is 0 Å². The molecule has 0 bridgehead atoms. The molecule has 0 saturated carbocycles. The quantitative estimate of drug-likeness (QED) is 0.453. The maximum Gasteiger partial charge on any atom is 0.229 e. The van der Waals surface area contributed by atoms with Gasteiger partial charge in [-0.2, -0.15) is 0 Å². The Morgan fingerprint density at radius 3 is 2.67 bits per heavy atom. The van der Waals surface area contributed by atoms with Crippen molar-refractivity contribution in [2.24, 2.45) is 5.11 Å². The molecule has 0 spiro atoms. The van der Waals surface area contributed by atoms with Gasteiger partial charge in [-0.3, -0.25) is 4.79 Å². The van der Waals surface area contributed by atoms with Crippen LogP contribution in [0.3, 0.4) is 0 Å². The summed E-state index contributed by atoms with van der Waals surface area (Å²) in [5, 5.41) is 6.21. The predicted molar refractivity (Wildman–Crippen MR) is 79.5 cm³/mol. The molecule has 0 aliphatic rings. The number of rotatable bonds is 8. The first-order valence-corrected chi connectivity index (χ1v) is 6.69. The van der Waals surface area contributed by atoms with Gasteiger partial charge in [-0.05, 0) is 36.1 Å². The minimum absolute atomic E-state index is 0.254. The summed E-state index contributed by atoms with van der Waals surface area (Å²) in [4.78, 5) is 14.4. The summed E-state index contributed by atoms with van der Waals surface area (Å²) in [5.74, 6) is 1.07. The third kappa shape index (κ3) is 4.89. The molecule has 1 aromatic carbocycles. The van der Waals surface area contributed by atoms with Crippen LogP contribution in [0, 0.1) is 0 Å². The van der Waals surface area contributed by atoms with Gasteiger partial charge in [-0.1, -0.05) is 18.1 Å². The average Bonchev–Trinajstić information content (AvgIpc) is 2.52. The van der Waals surface area contributed by atoms with Crippen molar-refractivity contribution in [3.8, 4) is 11.5 Å². The lowest BCUT2D eigenvalue weighted by atomic mass is 10.1. The maximum absolute atomic E-state index is 11.8. The number of ether oxygens (including phenoxy) is 2. The fraction of sp³-hybridized carbons (Fsp3) is 0.500. The Hall–Kier alpha value is -2.40. The highest BCUT2D eigenvalue weighted by atomic mass is 16.5. The van der Waals surface area contributed by atoms with Crippen molar-refractivity contribution in [2.45, 2.75) is 25.8 Å². The largest absolute Gasteiger partial charge is 0.493 e. The van der Waals surface area contributed by atoms with E-state index in [0.29, 0.717) is 30.9 Å². The van der Waals surface area contributed by atoms with Crippen LogP contribution < -0.4 is 14.8 Å². The molecule has 7 nitrogen and oxygen atoms in total. The van der Waals surface area contributed by atoms with Crippen molar-refractivity contribution in [1.29, 1.82) is 0 Å². The Bertz CT molecular complexity index is 527. The second-order valence-corrected chi connectivity index (χ2v) is 4.36. The molecule has 1 N–H and O–H groups in total. The minimum Gasteiger partial charge on any atom is -0.493 e. The topological polar surface area (TPSA) is 96.3 Å². The molecule has 0 radical (unpaired) electrons. The number of nitrogens with one attached hydrogen (secondary N) is 1. The zero-order valence-electron chi connectivity index (χ0n) is 12.5. The summed E-state index contributed by atoms with van der Waals surface area (Å²) in [6.45, 7) is 2.26. The van der Waals surface area contributed by atoms with Crippen molar-refractivity contribution in [2.75, 3.05) is 20.8 Å². The summed E-state index contributed by atoms with van der Waals surface area (Å²) in [5.41, 5.74) is 9.40. The van der Waals surface area contributed by atoms with Gasteiger partial charge in [0.2, 0.25) is 5.91 Å². The summed E-state index contributed by atoms with van der Waals surface area (Å²) in [6, 6.07) is 4.96. The number of methoxy groups -OCH3 is 2. The third-order valence-electron chi connectivity index (χ3n) is 3.04. The molecule has 114 valence electrons. The molecular weight excluding hydrogens is 272 g/mol. The van der Waals surface area contributed by atoms with Gasteiger partial charge < -0.3 is 14.8 Å². The van der Waals surface area contributed by atoms with Crippen LogP contribution in [0.4, 0.5) is 0 Å². The van der Waals surface area contributed by atoms with E-state index in [1.807, 2.05) is 18.2 Å². The number of carbonyl (C=O) groups is 1. The summed E-state index contributed by atoms with van der Waals surface area (Å²) in [6.07, 6.45) is 1.13. The smallest absolute Gasteiger partial charge is 0.229 e. The minimum atomic E-state index is -0.652. The standard InChI is InChI=1S/C14H20N4O3/c1-4-11(17-18-15)14(19)16-8-7-10-5-6-12(20-2)13(9-10)21-3/h5-6,9,11H,4,7-8H2,1-3H3,(H,16,19).